The van der Waals surface area contributed by atoms with Crippen molar-refractivity contribution in [2.24, 2.45) is 0 Å². The third kappa shape index (κ3) is 3.95. The molecular formula is C14H17F2N4O2S3+. The van der Waals surface area contributed by atoms with Gasteiger partial charge in [0.25, 0.3) is 0 Å². The van der Waals surface area contributed by atoms with Gasteiger partial charge in [0.05, 0.1) is 26.2 Å². The molecule has 1 aromatic carbocycles. The summed E-state index contributed by atoms with van der Waals surface area (Å²) in [5.41, 5.74) is 0. The van der Waals surface area contributed by atoms with Crippen LogP contribution in [0.1, 0.15) is 5.01 Å². The molecule has 11 heteroatoms. The first kappa shape index (κ1) is 18.5. The fourth-order valence-corrected chi connectivity index (χ4v) is 5.32. The molecule has 1 fully saturated rings. The van der Waals surface area contributed by atoms with Crippen LogP contribution in [0.2, 0.25) is 0 Å². The molecule has 0 spiro atoms. The van der Waals surface area contributed by atoms with Gasteiger partial charge in [0.1, 0.15) is 21.5 Å². The van der Waals surface area contributed by atoms with Gasteiger partial charge in [-0.1, -0.05) is 11.3 Å². The predicted octanol–water partition coefficient (Wildman–Crippen LogP) is 0.808. The van der Waals surface area contributed by atoms with E-state index in [1.54, 1.807) is 4.68 Å². The number of quaternary nitrogens is 1. The van der Waals surface area contributed by atoms with E-state index in [2.05, 4.69) is 5.10 Å². The summed E-state index contributed by atoms with van der Waals surface area (Å²) in [6.07, 6.45) is 0. The van der Waals surface area contributed by atoms with Crippen molar-refractivity contribution in [1.82, 2.24) is 14.1 Å². The van der Waals surface area contributed by atoms with Crippen LogP contribution >= 0.6 is 23.6 Å². The van der Waals surface area contributed by atoms with E-state index in [4.69, 9.17) is 12.2 Å². The van der Waals surface area contributed by atoms with Gasteiger partial charge >= 0.3 is 0 Å². The van der Waals surface area contributed by atoms with Crippen LogP contribution in [0, 0.1) is 22.5 Å². The lowest BCUT2D eigenvalue weighted by Gasteiger charge is -2.31. The Balaban J connectivity index is 1.70. The number of hydrogen-bond donors (Lipinski definition) is 1. The van der Waals surface area contributed by atoms with E-state index >= 15 is 0 Å². The summed E-state index contributed by atoms with van der Waals surface area (Å²) in [6, 6.07) is 2.45. The van der Waals surface area contributed by atoms with Gasteiger partial charge in [-0.2, -0.15) is 14.1 Å². The monoisotopic (exact) mass is 407 g/mol. The first-order valence-electron chi connectivity index (χ1n) is 7.60. The molecule has 1 aromatic heterocycles. The fourth-order valence-electron chi connectivity index (χ4n) is 2.74. The molecule has 2 heterocycles. The largest absolute Gasteiger partial charge is 0.314 e. The summed E-state index contributed by atoms with van der Waals surface area (Å²) in [4.78, 5) is 0.515. The van der Waals surface area contributed by atoms with Crippen molar-refractivity contribution >= 4 is 33.6 Å². The summed E-state index contributed by atoms with van der Waals surface area (Å²) < 4.78 is 55.9. The summed E-state index contributed by atoms with van der Waals surface area (Å²) in [5.74, 6) is -1.72. The Kier molecular flexibility index (Phi) is 5.30. The molecule has 1 N–H and O–H groups in total. The lowest BCUT2D eigenvalue weighted by atomic mass is 10.3. The summed E-state index contributed by atoms with van der Waals surface area (Å²) >= 11 is 6.67. The average Bonchev–Trinajstić information content (AvgIpc) is 2.87. The Morgan fingerprint density at radius 3 is 2.60 bits per heavy atom. The summed E-state index contributed by atoms with van der Waals surface area (Å²) in [6.45, 7) is 3.97. The van der Waals surface area contributed by atoms with Crippen LogP contribution in [-0.2, 0) is 16.7 Å². The van der Waals surface area contributed by atoms with Gasteiger partial charge in [-0.15, -0.1) is 0 Å². The Bertz CT molecular complexity index is 934. The van der Waals surface area contributed by atoms with Crippen molar-refractivity contribution in [2.75, 3.05) is 26.2 Å². The van der Waals surface area contributed by atoms with Crippen molar-refractivity contribution < 1.29 is 22.1 Å². The number of aryl methyl sites for hydroxylation is 1. The van der Waals surface area contributed by atoms with Crippen LogP contribution in [0.4, 0.5) is 8.78 Å². The third-order valence-corrected chi connectivity index (χ3v) is 7.16. The van der Waals surface area contributed by atoms with Crippen LogP contribution in [0.3, 0.4) is 0 Å². The number of sulfonamides is 1. The highest BCUT2D eigenvalue weighted by Crippen LogP contribution is 2.20. The number of aromatic nitrogens is 2. The van der Waals surface area contributed by atoms with Crippen LogP contribution < -0.4 is 4.90 Å². The summed E-state index contributed by atoms with van der Waals surface area (Å²) in [7, 11) is -4.05. The van der Waals surface area contributed by atoms with E-state index in [0.29, 0.717) is 23.7 Å². The minimum absolute atomic E-state index is 0.226. The Morgan fingerprint density at radius 1 is 1.32 bits per heavy atom. The highest BCUT2D eigenvalue weighted by Gasteiger charge is 2.32. The molecule has 1 aliphatic heterocycles. The van der Waals surface area contributed by atoms with Gasteiger partial charge in [-0.3, -0.25) is 0 Å². The molecule has 6 nitrogen and oxygen atoms in total. The second-order valence-electron chi connectivity index (χ2n) is 5.77. The van der Waals surface area contributed by atoms with Crippen LogP contribution in [0.5, 0.6) is 0 Å². The van der Waals surface area contributed by atoms with E-state index in [0.717, 1.165) is 28.1 Å². The molecule has 1 saturated heterocycles. The molecule has 25 heavy (non-hydrogen) atoms. The van der Waals surface area contributed by atoms with Crippen LogP contribution in [0.15, 0.2) is 23.1 Å². The molecule has 0 bridgehead atoms. The lowest BCUT2D eigenvalue weighted by molar-refractivity contribution is -0.926. The molecule has 0 radical (unpaired) electrons. The number of nitrogens with one attached hydrogen (secondary N) is 1. The molecular weight excluding hydrogens is 390 g/mol. The van der Waals surface area contributed by atoms with Gasteiger partial charge in [0, 0.05) is 0 Å². The van der Waals surface area contributed by atoms with E-state index in [1.165, 1.54) is 15.6 Å². The smallest absolute Gasteiger partial charge is 0.246 e. The first-order chi connectivity index (χ1) is 11.8. The number of rotatable bonds is 4. The normalized spacial score (nSPS) is 17.1. The number of benzene rings is 1. The van der Waals surface area contributed by atoms with E-state index in [9.17, 15) is 17.2 Å². The highest BCUT2D eigenvalue weighted by molar-refractivity contribution is 7.89. The second-order valence-corrected chi connectivity index (χ2v) is 9.51. The molecule has 1 aliphatic rings. The Hall–Kier alpha value is -1.27. The summed E-state index contributed by atoms with van der Waals surface area (Å²) in [5, 5.41) is 5.21. The van der Waals surface area contributed by atoms with Gasteiger partial charge in [0.2, 0.25) is 10.0 Å². The number of piperazine rings is 1. The standard InChI is InChI=1S/C14H16F2N4O2S3/c1-10-17-20(14(23)24-10)9-18-4-6-19(7-5-18)25(21,22)13-8-11(15)2-3-12(13)16/h2-3,8H,4-7,9H2,1H3/p+1. The van der Waals surface area contributed by atoms with E-state index < -0.39 is 26.6 Å². The van der Waals surface area contributed by atoms with Crippen molar-refractivity contribution in [3.63, 3.8) is 0 Å². The maximum absolute atomic E-state index is 13.8. The second kappa shape index (κ2) is 7.16. The fraction of sp³-hybridized carbons (Fsp3) is 0.429. The minimum Gasteiger partial charge on any atom is -0.314 e. The maximum Gasteiger partial charge on any atom is 0.246 e. The molecule has 2 aromatic rings. The highest BCUT2D eigenvalue weighted by atomic mass is 32.2. The van der Waals surface area contributed by atoms with Crippen molar-refractivity contribution in [2.45, 2.75) is 18.5 Å². The van der Waals surface area contributed by atoms with Gasteiger partial charge in [-0.05, 0) is 37.3 Å². The van der Waals surface area contributed by atoms with Gasteiger partial charge in [0.15, 0.2) is 10.6 Å². The predicted molar refractivity (Wildman–Crippen MR) is 91.5 cm³/mol. The van der Waals surface area contributed by atoms with Crippen molar-refractivity contribution in [3.8, 4) is 0 Å². The first-order valence-corrected chi connectivity index (χ1v) is 10.3. The zero-order valence-electron chi connectivity index (χ0n) is 13.4. The number of nitrogens with zero attached hydrogens (tertiary/aromatic N) is 3. The van der Waals surface area contributed by atoms with E-state index in [-0.39, 0.29) is 13.1 Å². The molecule has 136 valence electrons. The maximum atomic E-state index is 13.8. The van der Waals surface area contributed by atoms with Gasteiger partial charge < -0.3 is 4.90 Å². The number of halogens is 2. The van der Waals surface area contributed by atoms with Crippen LogP contribution in [-0.4, -0.2) is 48.7 Å². The zero-order valence-corrected chi connectivity index (χ0v) is 15.9. The SMILES string of the molecule is Cc1nn(C[NH+]2CCN(S(=O)(=O)c3cc(F)ccc3F)CC2)c(=S)s1. The topological polar surface area (TPSA) is 59.6 Å². The average molecular weight is 408 g/mol. The molecule has 0 atom stereocenters. The van der Waals surface area contributed by atoms with E-state index in [1.807, 2.05) is 6.92 Å². The lowest BCUT2D eigenvalue weighted by Crippen LogP contribution is -3.14. The minimum atomic E-state index is -4.05. The zero-order chi connectivity index (χ0) is 18.2. The van der Waals surface area contributed by atoms with Crippen molar-refractivity contribution in [3.05, 3.63) is 38.8 Å². The molecule has 3 rings (SSSR count). The Morgan fingerprint density at radius 2 is 2.00 bits per heavy atom. The van der Waals surface area contributed by atoms with Crippen molar-refractivity contribution in [1.29, 1.82) is 0 Å². The molecule has 0 amide bonds. The third-order valence-electron chi connectivity index (χ3n) is 4.02. The number of hydrogen-bond acceptors (Lipinski definition) is 5. The van der Waals surface area contributed by atoms with Gasteiger partial charge in [-0.25, -0.2) is 17.2 Å². The molecule has 0 aliphatic carbocycles. The Labute approximate surface area is 153 Å². The quantitative estimate of drug-likeness (QED) is 0.762. The molecule has 0 saturated carbocycles. The van der Waals surface area contributed by atoms with Crippen LogP contribution in [0.25, 0.3) is 0 Å². The molecule has 0 unspecified atom stereocenters.